The van der Waals surface area contributed by atoms with E-state index in [1.54, 1.807) is 11.3 Å². The van der Waals surface area contributed by atoms with Crippen LogP contribution in [0, 0.1) is 0 Å². The molecule has 3 rings (SSSR count). The molecule has 0 amide bonds. The molecular formula is C18H20N2S. The number of hydrogen-bond acceptors (Lipinski definition) is 3. The van der Waals surface area contributed by atoms with Crippen molar-refractivity contribution in [2.75, 3.05) is 0 Å². The van der Waals surface area contributed by atoms with E-state index in [-0.39, 0.29) is 6.04 Å². The Morgan fingerprint density at radius 1 is 0.952 bits per heavy atom. The van der Waals surface area contributed by atoms with Gasteiger partial charge in [-0.05, 0) is 39.4 Å². The third-order valence-electron chi connectivity index (χ3n) is 3.92. The minimum Gasteiger partial charge on any atom is -0.271 e. The normalized spacial score (nSPS) is 13.0. The van der Waals surface area contributed by atoms with Crippen LogP contribution in [0.4, 0.5) is 0 Å². The fourth-order valence-electron chi connectivity index (χ4n) is 2.68. The number of nitrogens with one attached hydrogen (secondary N) is 1. The summed E-state index contributed by atoms with van der Waals surface area (Å²) in [7, 11) is 0. The molecule has 0 spiro atoms. The van der Waals surface area contributed by atoms with E-state index in [4.69, 9.17) is 5.84 Å². The summed E-state index contributed by atoms with van der Waals surface area (Å²) < 4.78 is 1.30. The van der Waals surface area contributed by atoms with Gasteiger partial charge >= 0.3 is 0 Å². The van der Waals surface area contributed by atoms with Gasteiger partial charge in [-0.25, -0.2) is 5.43 Å². The molecule has 2 aromatic carbocycles. The van der Waals surface area contributed by atoms with Gasteiger partial charge in [-0.15, -0.1) is 11.3 Å². The van der Waals surface area contributed by atoms with Crippen molar-refractivity contribution in [2.24, 2.45) is 5.84 Å². The molecule has 0 bridgehead atoms. The van der Waals surface area contributed by atoms with E-state index < -0.39 is 0 Å². The fourth-order valence-corrected chi connectivity index (χ4v) is 3.63. The average Bonchev–Trinajstić information content (AvgIpc) is 2.98. The Labute approximate surface area is 129 Å². The van der Waals surface area contributed by atoms with Gasteiger partial charge in [-0.3, -0.25) is 5.84 Å². The zero-order valence-corrected chi connectivity index (χ0v) is 13.2. The van der Waals surface area contributed by atoms with Gasteiger partial charge in [0.15, 0.2) is 0 Å². The molecule has 0 aliphatic carbocycles. The van der Waals surface area contributed by atoms with E-state index in [0.29, 0.717) is 5.92 Å². The van der Waals surface area contributed by atoms with Crippen molar-refractivity contribution in [3.63, 3.8) is 0 Å². The van der Waals surface area contributed by atoms with Crippen LogP contribution in [0.2, 0.25) is 0 Å². The number of hydrazine groups is 1. The van der Waals surface area contributed by atoms with Crippen molar-refractivity contribution in [3.05, 3.63) is 70.6 Å². The van der Waals surface area contributed by atoms with Crippen molar-refractivity contribution in [3.8, 4) is 0 Å². The third-order valence-corrected chi connectivity index (χ3v) is 4.90. The maximum absolute atomic E-state index is 5.85. The number of thiophene rings is 1. The minimum absolute atomic E-state index is 0.0218. The van der Waals surface area contributed by atoms with E-state index >= 15 is 0 Å². The summed E-state index contributed by atoms with van der Waals surface area (Å²) in [5.74, 6) is 6.39. The average molecular weight is 296 g/mol. The molecule has 0 saturated heterocycles. The number of rotatable bonds is 4. The Morgan fingerprint density at radius 3 is 2.33 bits per heavy atom. The second-order valence-corrected chi connectivity index (χ2v) is 6.52. The van der Waals surface area contributed by atoms with Gasteiger partial charge in [0, 0.05) is 4.70 Å². The van der Waals surface area contributed by atoms with Gasteiger partial charge in [-0.1, -0.05) is 56.3 Å². The highest BCUT2D eigenvalue weighted by molar-refractivity contribution is 7.17. The molecule has 1 aromatic heterocycles. The van der Waals surface area contributed by atoms with Crippen molar-refractivity contribution >= 4 is 21.4 Å². The van der Waals surface area contributed by atoms with Crippen molar-refractivity contribution in [1.29, 1.82) is 0 Å². The second-order valence-electron chi connectivity index (χ2n) is 5.61. The highest BCUT2D eigenvalue weighted by atomic mass is 32.1. The summed E-state index contributed by atoms with van der Waals surface area (Å²) in [5.41, 5.74) is 6.76. The van der Waals surface area contributed by atoms with Gasteiger partial charge in [0.2, 0.25) is 0 Å². The highest BCUT2D eigenvalue weighted by Gasteiger charge is 2.16. The monoisotopic (exact) mass is 296 g/mol. The molecule has 3 aromatic rings. The quantitative estimate of drug-likeness (QED) is 0.546. The first kappa shape index (κ1) is 14.3. The zero-order valence-electron chi connectivity index (χ0n) is 12.3. The summed E-state index contributed by atoms with van der Waals surface area (Å²) in [4.78, 5) is 0. The molecule has 0 fully saturated rings. The van der Waals surface area contributed by atoms with E-state index in [1.807, 2.05) is 0 Å². The van der Waals surface area contributed by atoms with Crippen LogP contribution in [-0.2, 0) is 0 Å². The number of hydrogen-bond donors (Lipinski definition) is 2. The van der Waals surface area contributed by atoms with Crippen molar-refractivity contribution in [2.45, 2.75) is 25.8 Å². The molecule has 21 heavy (non-hydrogen) atoms. The topological polar surface area (TPSA) is 38.0 Å². The first-order valence-electron chi connectivity index (χ1n) is 7.23. The molecule has 108 valence electrons. The van der Waals surface area contributed by atoms with Gasteiger partial charge < -0.3 is 0 Å². The molecule has 0 radical (unpaired) electrons. The number of benzene rings is 2. The summed E-state index contributed by atoms with van der Waals surface area (Å²) in [5, 5.41) is 3.40. The molecule has 1 heterocycles. The summed E-state index contributed by atoms with van der Waals surface area (Å²) in [6, 6.07) is 17.3. The Balaban J connectivity index is 2.03. The Bertz CT molecular complexity index is 728. The zero-order chi connectivity index (χ0) is 14.8. The van der Waals surface area contributed by atoms with Crippen molar-refractivity contribution < 1.29 is 0 Å². The van der Waals surface area contributed by atoms with Crippen molar-refractivity contribution in [1.82, 2.24) is 5.43 Å². The molecule has 1 unspecified atom stereocenters. The van der Waals surface area contributed by atoms with Crippen LogP contribution in [0.1, 0.15) is 42.5 Å². The molecule has 3 heteroatoms. The van der Waals surface area contributed by atoms with Gasteiger partial charge in [0.05, 0.1) is 6.04 Å². The summed E-state index contributed by atoms with van der Waals surface area (Å²) >= 11 is 1.76. The molecule has 1 atom stereocenters. The first-order chi connectivity index (χ1) is 10.2. The van der Waals surface area contributed by atoms with Crippen LogP contribution in [0.5, 0.6) is 0 Å². The van der Waals surface area contributed by atoms with Gasteiger partial charge in [0.1, 0.15) is 0 Å². The van der Waals surface area contributed by atoms with E-state index in [1.165, 1.54) is 26.8 Å². The molecule has 3 N–H and O–H groups in total. The molecule has 0 saturated carbocycles. The van der Waals surface area contributed by atoms with Crippen LogP contribution in [-0.4, -0.2) is 0 Å². The smallest absolute Gasteiger partial charge is 0.0723 e. The maximum Gasteiger partial charge on any atom is 0.0723 e. The lowest BCUT2D eigenvalue weighted by atomic mass is 9.95. The largest absolute Gasteiger partial charge is 0.271 e. The minimum atomic E-state index is 0.0218. The fraction of sp³-hybridized carbons (Fsp3) is 0.222. The number of nitrogens with two attached hydrogens (primary N) is 1. The predicted octanol–water partition coefficient (Wildman–Crippen LogP) is 4.58. The van der Waals surface area contributed by atoms with Crippen LogP contribution < -0.4 is 11.3 Å². The van der Waals surface area contributed by atoms with E-state index in [2.05, 4.69) is 73.2 Å². The Morgan fingerprint density at radius 2 is 1.67 bits per heavy atom. The Hall–Kier alpha value is -1.68. The predicted molar refractivity (Wildman–Crippen MR) is 91.5 cm³/mol. The summed E-state index contributed by atoms with van der Waals surface area (Å²) in [6.07, 6.45) is 0. The maximum atomic E-state index is 5.85. The molecular weight excluding hydrogens is 276 g/mol. The second kappa shape index (κ2) is 5.98. The molecule has 2 nitrogen and oxygen atoms in total. The summed E-state index contributed by atoms with van der Waals surface area (Å²) in [6.45, 7) is 4.42. The van der Waals surface area contributed by atoms with E-state index in [0.717, 1.165) is 0 Å². The van der Waals surface area contributed by atoms with Crippen LogP contribution >= 0.6 is 11.3 Å². The highest BCUT2D eigenvalue weighted by Crippen LogP contribution is 2.32. The molecule has 0 aliphatic heterocycles. The standard InChI is InChI=1S/C18H20N2S/c1-12(2)13-6-8-14(9-7-13)17(20-19)16-5-3-4-15-10-11-21-18(15)16/h3-12,17,20H,19H2,1-2H3. The van der Waals surface area contributed by atoms with E-state index in [9.17, 15) is 0 Å². The van der Waals surface area contributed by atoms with Crippen LogP contribution in [0.3, 0.4) is 0 Å². The lowest BCUT2D eigenvalue weighted by molar-refractivity contribution is 0.641. The van der Waals surface area contributed by atoms with Gasteiger partial charge in [0.25, 0.3) is 0 Å². The third kappa shape index (κ3) is 2.72. The molecule has 0 aliphatic rings. The van der Waals surface area contributed by atoms with Crippen LogP contribution in [0.15, 0.2) is 53.9 Å². The first-order valence-corrected chi connectivity index (χ1v) is 8.10. The lowest BCUT2D eigenvalue weighted by Crippen LogP contribution is -2.28. The lowest BCUT2D eigenvalue weighted by Gasteiger charge is -2.18. The Kier molecular flexibility index (Phi) is 4.06. The van der Waals surface area contributed by atoms with Gasteiger partial charge in [-0.2, -0.15) is 0 Å². The SMILES string of the molecule is CC(C)c1ccc(C(NN)c2cccc3ccsc23)cc1. The number of fused-ring (bicyclic) bond motifs is 1. The van der Waals surface area contributed by atoms with Crippen LogP contribution in [0.25, 0.3) is 10.1 Å².